The maximum atomic E-state index is 10.5. The number of β-amino-alcohol motifs (C(OH)–C–C–N with tert-alkyl or cyclic N) is 1. The Morgan fingerprint density at radius 1 is 1.35 bits per heavy atom. The second kappa shape index (κ2) is 4.43. The van der Waals surface area contributed by atoms with Crippen LogP contribution in [-0.4, -0.2) is 23.8 Å². The first-order valence-corrected chi connectivity index (χ1v) is 6.77. The molecule has 92 valence electrons. The first kappa shape index (κ1) is 11.2. The minimum Gasteiger partial charge on any atom is -0.388 e. The number of nitrogens with one attached hydrogen (secondary N) is 1. The zero-order valence-electron chi connectivity index (χ0n) is 10.3. The summed E-state index contributed by atoms with van der Waals surface area (Å²) in [6, 6.07) is 8.82. The maximum absolute atomic E-state index is 10.5. The summed E-state index contributed by atoms with van der Waals surface area (Å²) in [4.78, 5) is 0. The third-order valence-electron chi connectivity index (χ3n) is 3.98. The summed E-state index contributed by atoms with van der Waals surface area (Å²) >= 11 is 0. The van der Waals surface area contributed by atoms with Crippen LogP contribution in [0.15, 0.2) is 24.3 Å². The van der Waals surface area contributed by atoms with E-state index < -0.39 is 5.60 Å². The van der Waals surface area contributed by atoms with Crippen molar-refractivity contribution in [1.29, 1.82) is 0 Å². The Morgan fingerprint density at radius 3 is 2.94 bits per heavy atom. The van der Waals surface area contributed by atoms with Crippen LogP contribution in [0.5, 0.6) is 0 Å². The van der Waals surface area contributed by atoms with E-state index in [1.54, 1.807) is 0 Å². The zero-order valence-corrected chi connectivity index (χ0v) is 10.3. The SMILES string of the molecule is OC1(Cc2cccc(C3CC3)c2)CCCNC1. The molecular weight excluding hydrogens is 210 g/mol. The van der Waals surface area contributed by atoms with Crippen molar-refractivity contribution in [3.63, 3.8) is 0 Å². The standard InChI is InChI=1S/C15H21NO/c17-15(7-2-8-16-11-15)10-12-3-1-4-14(9-12)13-5-6-13/h1,3-4,9,13,16-17H,2,5-8,10-11H2. The van der Waals surface area contributed by atoms with Crippen LogP contribution in [0.3, 0.4) is 0 Å². The predicted molar refractivity (Wildman–Crippen MR) is 69.2 cm³/mol. The van der Waals surface area contributed by atoms with Crippen LogP contribution in [0, 0.1) is 0 Å². The first-order chi connectivity index (χ1) is 8.25. The van der Waals surface area contributed by atoms with Gasteiger partial charge in [-0.15, -0.1) is 0 Å². The lowest BCUT2D eigenvalue weighted by atomic mass is 9.87. The average molecular weight is 231 g/mol. The van der Waals surface area contributed by atoms with E-state index in [1.165, 1.54) is 24.0 Å². The van der Waals surface area contributed by atoms with E-state index in [0.29, 0.717) is 0 Å². The summed E-state index contributed by atoms with van der Waals surface area (Å²) < 4.78 is 0. The van der Waals surface area contributed by atoms with E-state index in [9.17, 15) is 5.11 Å². The number of piperidine rings is 1. The highest BCUT2D eigenvalue weighted by Crippen LogP contribution is 2.40. The van der Waals surface area contributed by atoms with Crippen molar-refractivity contribution in [1.82, 2.24) is 5.32 Å². The van der Waals surface area contributed by atoms with Gasteiger partial charge in [0.1, 0.15) is 0 Å². The third kappa shape index (κ3) is 2.70. The summed E-state index contributed by atoms with van der Waals surface area (Å²) in [5.74, 6) is 0.800. The van der Waals surface area contributed by atoms with Gasteiger partial charge >= 0.3 is 0 Å². The van der Waals surface area contributed by atoms with Crippen molar-refractivity contribution < 1.29 is 5.11 Å². The van der Waals surface area contributed by atoms with E-state index in [4.69, 9.17) is 0 Å². The zero-order chi connectivity index (χ0) is 11.7. The molecule has 1 aromatic rings. The number of benzene rings is 1. The fourth-order valence-corrected chi connectivity index (χ4v) is 2.86. The minimum atomic E-state index is -0.527. The number of hydrogen-bond donors (Lipinski definition) is 2. The molecule has 0 bridgehead atoms. The number of rotatable bonds is 3. The molecule has 17 heavy (non-hydrogen) atoms. The molecule has 3 rings (SSSR count). The van der Waals surface area contributed by atoms with Gasteiger partial charge in [0.2, 0.25) is 0 Å². The van der Waals surface area contributed by atoms with Gasteiger partial charge in [0.05, 0.1) is 5.60 Å². The largest absolute Gasteiger partial charge is 0.388 e. The second-order valence-corrected chi connectivity index (χ2v) is 5.70. The lowest BCUT2D eigenvalue weighted by molar-refractivity contribution is 0.0169. The monoisotopic (exact) mass is 231 g/mol. The van der Waals surface area contributed by atoms with Gasteiger partial charge in [0.15, 0.2) is 0 Å². The molecule has 0 radical (unpaired) electrons. The number of hydrogen-bond acceptors (Lipinski definition) is 2. The topological polar surface area (TPSA) is 32.3 Å². The Bertz CT molecular complexity index is 392. The molecule has 0 amide bonds. The van der Waals surface area contributed by atoms with Gasteiger partial charge in [0.25, 0.3) is 0 Å². The van der Waals surface area contributed by atoms with Crippen molar-refractivity contribution in [2.24, 2.45) is 0 Å². The Labute approximate surface area is 103 Å². The van der Waals surface area contributed by atoms with Crippen LogP contribution in [0.2, 0.25) is 0 Å². The smallest absolute Gasteiger partial charge is 0.0812 e. The van der Waals surface area contributed by atoms with Crippen molar-refractivity contribution in [3.05, 3.63) is 35.4 Å². The van der Waals surface area contributed by atoms with Crippen molar-refractivity contribution >= 4 is 0 Å². The average Bonchev–Trinajstić information content (AvgIpc) is 3.13. The van der Waals surface area contributed by atoms with Crippen LogP contribution in [0.25, 0.3) is 0 Å². The van der Waals surface area contributed by atoms with Crippen LogP contribution in [0.1, 0.15) is 42.7 Å². The molecule has 0 aromatic heterocycles. The molecule has 1 atom stereocenters. The van der Waals surface area contributed by atoms with Crippen molar-refractivity contribution in [3.8, 4) is 0 Å². The number of aliphatic hydroxyl groups is 1. The second-order valence-electron chi connectivity index (χ2n) is 5.70. The molecule has 1 heterocycles. The molecule has 2 heteroatoms. The van der Waals surface area contributed by atoms with Crippen LogP contribution >= 0.6 is 0 Å². The van der Waals surface area contributed by atoms with Gasteiger partial charge in [-0.05, 0) is 49.3 Å². The third-order valence-corrected chi connectivity index (χ3v) is 3.98. The molecule has 2 nitrogen and oxygen atoms in total. The highest BCUT2D eigenvalue weighted by molar-refractivity contribution is 5.30. The van der Waals surface area contributed by atoms with Crippen LogP contribution < -0.4 is 5.32 Å². The fraction of sp³-hybridized carbons (Fsp3) is 0.600. The highest BCUT2D eigenvalue weighted by Gasteiger charge is 2.30. The molecule has 2 fully saturated rings. The Balaban J connectivity index is 1.72. The van der Waals surface area contributed by atoms with Gasteiger partial charge < -0.3 is 10.4 Å². The maximum Gasteiger partial charge on any atom is 0.0812 e. The Morgan fingerprint density at radius 2 is 2.24 bits per heavy atom. The lowest BCUT2D eigenvalue weighted by Crippen LogP contribution is -2.47. The molecule has 2 aliphatic rings. The first-order valence-electron chi connectivity index (χ1n) is 6.77. The molecule has 1 aliphatic carbocycles. The molecular formula is C15H21NO. The summed E-state index contributed by atoms with van der Waals surface area (Å²) in [6.07, 6.45) is 5.48. The molecule has 1 unspecified atom stereocenters. The molecule has 0 spiro atoms. The van der Waals surface area contributed by atoms with Crippen molar-refractivity contribution in [2.75, 3.05) is 13.1 Å². The molecule has 1 saturated carbocycles. The lowest BCUT2D eigenvalue weighted by Gasteiger charge is -2.32. The van der Waals surface area contributed by atoms with E-state index in [0.717, 1.165) is 38.3 Å². The minimum absolute atomic E-state index is 0.527. The normalized spacial score (nSPS) is 29.2. The molecule has 2 N–H and O–H groups in total. The van der Waals surface area contributed by atoms with Gasteiger partial charge in [0, 0.05) is 13.0 Å². The molecule has 1 aromatic carbocycles. The van der Waals surface area contributed by atoms with Crippen LogP contribution in [0.4, 0.5) is 0 Å². The summed E-state index contributed by atoms with van der Waals surface area (Å²) in [6.45, 7) is 1.78. The Hall–Kier alpha value is -0.860. The van der Waals surface area contributed by atoms with E-state index in [1.807, 2.05) is 0 Å². The molecule has 1 aliphatic heterocycles. The van der Waals surface area contributed by atoms with Crippen LogP contribution in [-0.2, 0) is 6.42 Å². The van der Waals surface area contributed by atoms with E-state index >= 15 is 0 Å². The van der Waals surface area contributed by atoms with Gasteiger partial charge in [-0.1, -0.05) is 24.3 Å². The van der Waals surface area contributed by atoms with E-state index in [-0.39, 0.29) is 0 Å². The summed E-state index contributed by atoms with van der Waals surface area (Å²) in [5.41, 5.74) is 2.23. The highest BCUT2D eigenvalue weighted by atomic mass is 16.3. The quantitative estimate of drug-likeness (QED) is 0.836. The van der Waals surface area contributed by atoms with Gasteiger partial charge in [-0.2, -0.15) is 0 Å². The van der Waals surface area contributed by atoms with E-state index in [2.05, 4.69) is 29.6 Å². The van der Waals surface area contributed by atoms with Gasteiger partial charge in [-0.3, -0.25) is 0 Å². The fourth-order valence-electron chi connectivity index (χ4n) is 2.86. The summed E-state index contributed by atoms with van der Waals surface area (Å²) in [5, 5.41) is 13.8. The van der Waals surface area contributed by atoms with Crippen molar-refractivity contribution in [2.45, 2.75) is 43.6 Å². The summed E-state index contributed by atoms with van der Waals surface area (Å²) in [7, 11) is 0. The molecule has 1 saturated heterocycles. The Kier molecular flexibility index (Phi) is 2.93. The van der Waals surface area contributed by atoms with Gasteiger partial charge in [-0.25, -0.2) is 0 Å². The predicted octanol–water partition coefficient (Wildman–Crippen LogP) is 2.22.